The van der Waals surface area contributed by atoms with Crippen molar-refractivity contribution in [3.8, 4) is 11.5 Å². The normalized spacial score (nSPS) is 13.9. The van der Waals surface area contributed by atoms with Gasteiger partial charge in [-0.25, -0.2) is 15.0 Å². The van der Waals surface area contributed by atoms with Crippen LogP contribution in [0.1, 0.15) is 13.8 Å². The second-order valence-electron chi connectivity index (χ2n) is 6.90. The molecule has 3 aromatic rings. The Kier molecular flexibility index (Phi) is 7.28. The first-order valence-electron chi connectivity index (χ1n) is 10.5. The zero-order chi connectivity index (χ0) is 22.3. The van der Waals surface area contributed by atoms with Gasteiger partial charge in [0.05, 0.1) is 49.9 Å². The van der Waals surface area contributed by atoms with Gasteiger partial charge in [0.2, 0.25) is 5.91 Å². The van der Waals surface area contributed by atoms with Crippen LogP contribution in [-0.4, -0.2) is 71.1 Å². The summed E-state index contributed by atoms with van der Waals surface area (Å²) in [7, 11) is 0. The fourth-order valence-electron chi connectivity index (χ4n) is 3.42. The van der Waals surface area contributed by atoms with Crippen molar-refractivity contribution in [2.75, 3.05) is 55.5 Å². The Labute approximate surface area is 190 Å². The van der Waals surface area contributed by atoms with E-state index in [0.29, 0.717) is 59.8 Å². The number of hydrogen-bond donors (Lipinski definition) is 2. The molecule has 11 heteroatoms. The summed E-state index contributed by atoms with van der Waals surface area (Å²) in [4.78, 5) is 30.4. The van der Waals surface area contributed by atoms with Crippen LogP contribution in [0.5, 0.6) is 11.5 Å². The van der Waals surface area contributed by atoms with E-state index in [1.165, 1.54) is 18.1 Å². The van der Waals surface area contributed by atoms with Crippen LogP contribution in [0.4, 0.5) is 11.4 Å². The Morgan fingerprint density at radius 3 is 2.72 bits per heavy atom. The highest BCUT2D eigenvalue weighted by molar-refractivity contribution is 8.00. The Bertz CT molecular complexity index is 1070. The number of benzene rings is 1. The van der Waals surface area contributed by atoms with E-state index >= 15 is 0 Å². The van der Waals surface area contributed by atoms with Gasteiger partial charge in [-0.1, -0.05) is 11.8 Å². The first kappa shape index (κ1) is 22.2. The molecule has 170 valence electrons. The van der Waals surface area contributed by atoms with E-state index in [1.807, 2.05) is 26.0 Å². The number of carbonyl (C=O) groups is 1. The smallest absolute Gasteiger partial charge is 0.234 e. The number of carbonyl (C=O) groups excluding carboxylic acids is 1. The van der Waals surface area contributed by atoms with E-state index in [2.05, 4.69) is 30.2 Å². The molecule has 4 rings (SSSR count). The molecule has 0 spiro atoms. The number of amides is 1. The lowest BCUT2D eigenvalue weighted by atomic mass is 10.2. The number of morpholine rings is 1. The number of fused-ring (bicyclic) bond motifs is 1. The zero-order valence-corrected chi connectivity index (χ0v) is 18.9. The van der Waals surface area contributed by atoms with E-state index in [0.717, 1.165) is 18.8 Å². The van der Waals surface area contributed by atoms with Crippen molar-refractivity contribution in [1.29, 1.82) is 0 Å². The topological polar surface area (TPSA) is 114 Å². The van der Waals surface area contributed by atoms with E-state index < -0.39 is 0 Å². The Morgan fingerprint density at radius 2 is 1.94 bits per heavy atom. The SMILES string of the molecule is CCOc1cc(N2CCOCC2)c(OCC)cc1NC(=O)CSc1ncnc2nc[nH]c12. The summed E-state index contributed by atoms with van der Waals surface area (Å²) in [5.41, 5.74) is 2.80. The van der Waals surface area contributed by atoms with E-state index in [9.17, 15) is 4.79 Å². The van der Waals surface area contributed by atoms with Gasteiger partial charge in [0.15, 0.2) is 5.65 Å². The molecule has 1 aliphatic rings. The van der Waals surface area contributed by atoms with Gasteiger partial charge >= 0.3 is 0 Å². The van der Waals surface area contributed by atoms with Gasteiger partial charge in [-0.3, -0.25) is 4.79 Å². The monoisotopic (exact) mass is 458 g/mol. The molecule has 2 N–H and O–H groups in total. The third-order valence-corrected chi connectivity index (χ3v) is 5.80. The van der Waals surface area contributed by atoms with Crippen LogP contribution in [0, 0.1) is 0 Å². The minimum Gasteiger partial charge on any atom is -0.492 e. The minimum atomic E-state index is -0.177. The molecule has 0 saturated carbocycles. The first-order chi connectivity index (χ1) is 15.7. The maximum absolute atomic E-state index is 12.7. The van der Waals surface area contributed by atoms with E-state index in [1.54, 1.807) is 6.33 Å². The molecule has 0 bridgehead atoms. The second kappa shape index (κ2) is 10.5. The van der Waals surface area contributed by atoms with Gasteiger partial charge in [0.1, 0.15) is 28.4 Å². The number of rotatable bonds is 9. The van der Waals surface area contributed by atoms with Crippen LogP contribution in [0.2, 0.25) is 0 Å². The largest absolute Gasteiger partial charge is 0.492 e. The first-order valence-corrected chi connectivity index (χ1v) is 11.5. The number of hydrogen-bond acceptors (Lipinski definition) is 9. The van der Waals surface area contributed by atoms with Gasteiger partial charge in [-0.2, -0.15) is 0 Å². The average Bonchev–Trinajstić information content (AvgIpc) is 3.30. The molecule has 1 aromatic carbocycles. The summed E-state index contributed by atoms with van der Waals surface area (Å²) < 4.78 is 17.2. The van der Waals surface area contributed by atoms with Gasteiger partial charge in [0.25, 0.3) is 0 Å². The van der Waals surface area contributed by atoms with E-state index in [-0.39, 0.29) is 11.7 Å². The molecule has 1 amide bonds. The predicted molar refractivity (Wildman–Crippen MR) is 123 cm³/mol. The van der Waals surface area contributed by atoms with Crippen molar-refractivity contribution >= 4 is 40.2 Å². The lowest BCUT2D eigenvalue weighted by molar-refractivity contribution is -0.113. The molecule has 3 heterocycles. The number of ether oxygens (including phenoxy) is 3. The molecular weight excluding hydrogens is 432 g/mol. The van der Waals surface area contributed by atoms with Gasteiger partial charge in [0, 0.05) is 25.2 Å². The lowest BCUT2D eigenvalue weighted by Gasteiger charge is -2.31. The number of nitrogens with zero attached hydrogens (tertiary/aromatic N) is 4. The molecular formula is C21H26N6O4S. The van der Waals surface area contributed by atoms with Crippen molar-refractivity contribution in [3.63, 3.8) is 0 Å². The second-order valence-corrected chi connectivity index (χ2v) is 7.86. The minimum absolute atomic E-state index is 0.173. The van der Waals surface area contributed by atoms with Crippen LogP contribution >= 0.6 is 11.8 Å². The van der Waals surface area contributed by atoms with Gasteiger partial charge < -0.3 is 29.4 Å². The number of H-pyrrole nitrogens is 1. The number of imidazole rings is 1. The average molecular weight is 459 g/mol. The highest BCUT2D eigenvalue weighted by Gasteiger charge is 2.20. The third kappa shape index (κ3) is 5.05. The Balaban J connectivity index is 1.52. The molecule has 10 nitrogen and oxygen atoms in total. The summed E-state index contributed by atoms with van der Waals surface area (Å²) in [5, 5.41) is 3.63. The summed E-state index contributed by atoms with van der Waals surface area (Å²) in [6, 6.07) is 3.76. The maximum Gasteiger partial charge on any atom is 0.234 e. The van der Waals surface area contributed by atoms with Crippen molar-refractivity contribution < 1.29 is 19.0 Å². The third-order valence-electron chi connectivity index (χ3n) is 4.81. The molecule has 2 aromatic heterocycles. The van der Waals surface area contributed by atoms with Crippen LogP contribution in [0.15, 0.2) is 29.8 Å². The van der Waals surface area contributed by atoms with Crippen molar-refractivity contribution in [1.82, 2.24) is 19.9 Å². The summed E-state index contributed by atoms with van der Waals surface area (Å²) >= 11 is 1.31. The van der Waals surface area contributed by atoms with Crippen molar-refractivity contribution in [3.05, 3.63) is 24.8 Å². The lowest BCUT2D eigenvalue weighted by Crippen LogP contribution is -2.36. The molecule has 0 radical (unpaired) electrons. The molecule has 32 heavy (non-hydrogen) atoms. The molecule has 0 aliphatic carbocycles. The number of nitrogens with one attached hydrogen (secondary N) is 2. The fourth-order valence-corrected chi connectivity index (χ4v) is 4.17. The molecule has 0 atom stereocenters. The van der Waals surface area contributed by atoms with E-state index in [4.69, 9.17) is 14.2 Å². The predicted octanol–water partition coefficient (Wildman–Crippen LogP) is 2.72. The van der Waals surface area contributed by atoms with Crippen LogP contribution < -0.4 is 19.7 Å². The van der Waals surface area contributed by atoms with Crippen molar-refractivity contribution in [2.45, 2.75) is 18.9 Å². The molecule has 1 fully saturated rings. The number of anilines is 2. The maximum atomic E-state index is 12.7. The number of thioether (sulfide) groups is 1. The quantitative estimate of drug-likeness (QED) is 0.369. The van der Waals surface area contributed by atoms with Crippen LogP contribution in [-0.2, 0) is 9.53 Å². The van der Waals surface area contributed by atoms with Crippen molar-refractivity contribution in [2.24, 2.45) is 0 Å². The standard InChI is InChI=1S/C21H26N6O4S/c1-3-30-16-10-15(27-5-7-29-8-6-27)17(31-4-2)9-14(16)26-18(28)11-32-21-19-20(23-12-22-19)24-13-25-21/h9-10,12-13H,3-8,11H2,1-2H3,(H,26,28)(H,22,23,24,25). The molecule has 1 saturated heterocycles. The summed E-state index contributed by atoms with van der Waals surface area (Å²) in [6.45, 7) is 7.72. The molecule has 0 unspecified atom stereocenters. The van der Waals surface area contributed by atoms with Gasteiger partial charge in [-0.05, 0) is 13.8 Å². The van der Waals surface area contributed by atoms with Crippen LogP contribution in [0.3, 0.4) is 0 Å². The molecule has 1 aliphatic heterocycles. The highest BCUT2D eigenvalue weighted by Crippen LogP contribution is 2.39. The fraction of sp³-hybridized carbons (Fsp3) is 0.429. The van der Waals surface area contributed by atoms with Gasteiger partial charge in [-0.15, -0.1) is 0 Å². The Morgan fingerprint density at radius 1 is 1.16 bits per heavy atom. The number of aromatic nitrogens is 4. The Hall–Kier alpha value is -3.05. The number of aromatic amines is 1. The highest BCUT2D eigenvalue weighted by atomic mass is 32.2. The zero-order valence-electron chi connectivity index (χ0n) is 18.1. The van der Waals surface area contributed by atoms with Crippen LogP contribution in [0.25, 0.3) is 11.2 Å². The summed E-state index contributed by atoms with van der Waals surface area (Å²) in [5.74, 6) is 1.31. The summed E-state index contributed by atoms with van der Waals surface area (Å²) in [6.07, 6.45) is 3.00.